The van der Waals surface area contributed by atoms with Gasteiger partial charge in [-0.1, -0.05) is 6.92 Å². The molecule has 2 rings (SSSR count). The molecule has 2 aromatic rings. The zero-order valence-electron chi connectivity index (χ0n) is 11.4. The van der Waals surface area contributed by atoms with Gasteiger partial charge in [0.15, 0.2) is 12.3 Å². The predicted octanol–water partition coefficient (Wildman–Crippen LogP) is 0.721. The Labute approximate surface area is 115 Å². The highest BCUT2D eigenvalue weighted by Crippen LogP contribution is 2.13. The molecule has 1 amide bonds. The van der Waals surface area contributed by atoms with Crippen molar-refractivity contribution in [2.45, 2.75) is 20.3 Å². The maximum Gasteiger partial charge on any atom is 0.344 e. The van der Waals surface area contributed by atoms with Crippen molar-refractivity contribution in [3.8, 4) is 0 Å². The lowest BCUT2D eigenvalue weighted by atomic mass is 10.2. The van der Waals surface area contributed by atoms with Gasteiger partial charge in [0.25, 0.3) is 5.91 Å². The third-order valence-electron chi connectivity index (χ3n) is 2.68. The summed E-state index contributed by atoms with van der Waals surface area (Å²) in [6, 6.07) is 1.72. The highest BCUT2D eigenvalue weighted by Gasteiger charge is 2.20. The van der Waals surface area contributed by atoms with E-state index in [0.29, 0.717) is 17.9 Å². The van der Waals surface area contributed by atoms with Crippen molar-refractivity contribution >= 4 is 17.5 Å². The van der Waals surface area contributed by atoms with E-state index in [0.717, 1.165) is 6.42 Å². The lowest BCUT2D eigenvalue weighted by molar-refractivity contribution is -0.124. The summed E-state index contributed by atoms with van der Waals surface area (Å²) in [7, 11) is 0. The molecule has 2 heterocycles. The monoisotopic (exact) mass is 276 g/mol. The normalized spacial score (nSPS) is 10.5. The maximum atomic E-state index is 12.0. The first-order valence-electron chi connectivity index (χ1n) is 6.37. The Kier molecular flexibility index (Phi) is 4.29. The van der Waals surface area contributed by atoms with E-state index in [-0.39, 0.29) is 18.1 Å². The molecule has 7 heteroatoms. The number of fused-ring (bicyclic) bond motifs is 1. The number of rotatable bonds is 5. The first kappa shape index (κ1) is 14.0. The third-order valence-corrected chi connectivity index (χ3v) is 2.68. The number of nitrogens with zero attached hydrogens (tertiary/aromatic N) is 3. The van der Waals surface area contributed by atoms with E-state index in [1.807, 2.05) is 6.92 Å². The third kappa shape index (κ3) is 2.93. The van der Waals surface area contributed by atoms with Gasteiger partial charge in [-0.15, -0.1) is 0 Å². The number of ether oxygens (including phenoxy) is 1. The van der Waals surface area contributed by atoms with E-state index in [1.54, 1.807) is 25.4 Å². The van der Waals surface area contributed by atoms with Gasteiger partial charge < -0.3 is 10.1 Å². The van der Waals surface area contributed by atoms with E-state index in [2.05, 4.69) is 15.4 Å². The van der Waals surface area contributed by atoms with Crippen LogP contribution in [0.4, 0.5) is 0 Å². The molecule has 20 heavy (non-hydrogen) atoms. The molecule has 0 aliphatic heterocycles. The standard InChI is InChI=1S/C13H16N4O3/c1-3-5-14-10(18)8-20-13(19)11-9(2)16-17-7-4-6-15-12(11)17/h4,6-7H,3,5,8H2,1-2H3,(H,14,18). The second-order valence-corrected chi connectivity index (χ2v) is 4.27. The van der Waals surface area contributed by atoms with Crippen LogP contribution < -0.4 is 5.32 Å². The fourth-order valence-corrected chi connectivity index (χ4v) is 1.75. The van der Waals surface area contributed by atoms with Crippen LogP contribution in [0.2, 0.25) is 0 Å². The second-order valence-electron chi connectivity index (χ2n) is 4.27. The Hall–Kier alpha value is -2.44. The first-order valence-corrected chi connectivity index (χ1v) is 6.37. The van der Waals surface area contributed by atoms with Crippen LogP contribution in [0, 0.1) is 6.92 Å². The average molecular weight is 276 g/mol. The fraction of sp³-hybridized carbons (Fsp3) is 0.385. The summed E-state index contributed by atoms with van der Waals surface area (Å²) in [5.74, 6) is -0.912. The van der Waals surface area contributed by atoms with Gasteiger partial charge in [0.2, 0.25) is 0 Å². The van der Waals surface area contributed by atoms with Crippen LogP contribution in [0.5, 0.6) is 0 Å². The molecule has 2 aromatic heterocycles. The largest absolute Gasteiger partial charge is 0.452 e. The van der Waals surface area contributed by atoms with Crippen molar-refractivity contribution in [1.29, 1.82) is 0 Å². The maximum absolute atomic E-state index is 12.0. The molecule has 1 N–H and O–H groups in total. The Balaban J connectivity index is 2.08. The minimum Gasteiger partial charge on any atom is -0.452 e. The van der Waals surface area contributed by atoms with Crippen LogP contribution in [-0.2, 0) is 9.53 Å². The Bertz CT molecular complexity index is 636. The molecule has 0 unspecified atom stereocenters. The number of esters is 1. The average Bonchev–Trinajstić information content (AvgIpc) is 2.78. The first-order chi connectivity index (χ1) is 9.63. The van der Waals surface area contributed by atoms with E-state index in [4.69, 9.17) is 4.74 Å². The number of amides is 1. The highest BCUT2D eigenvalue weighted by molar-refractivity contribution is 5.98. The molecule has 0 radical (unpaired) electrons. The Morgan fingerprint density at radius 3 is 3.00 bits per heavy atom. The number of aryl methyl sites for hydroxylation is 1. The Morgan fingerprint density at radius 2 is 2.25 bits per heavy atom. The minimum atomic E-state index is -0.595. The van der Waals surface area contributed by atoms with E-state index < -0.39 is 5.97 Å². The SMILES string of the molecule is CCCNC(=O)COC(=O)c1c(C)nn2cccnc12. The lowest BCUT2D eigenvalue weighted by Crippen LogP contribution is -2.29. The number of carbonyl (C=O) groups is 2. The highest BCUT2D eigenvalue weighted by atomic mass is 16.5. The van der Waals surface area contributed by atoms with Crippen LogP contribution in [0.25, 0.3) is 5.65 Å². The summed E-state index contributed by atoms with van der Waals surface area (Å²) in [5, 5.41) is 6.80. The smallest absolute Gasteiger partial charge is 0.344 e. The topological polar surface area (TPSA) is 85.6 Å². The minimum absolute atomic E-state index is 0.286. The molecule has 0 fully saturated rings. The summed E-state index contributed by atoms with van der Waals surface area (Å²) in [6.07, 6.45) is 4.10. The Morgan fingerprint density at radius 1 is 1.45 bits per heavy atom. The lowest BCUT2D eigenvalue weighted by Gasteiger charge is -2.05. The van der Waals surface area contributed by atoms with Gasteiger partial charge in [0.05, 0.1) is 5.69 Å². The van der Waals surface area contributed by atoms with Crippen molar-refractivity contribution in [3.05, 3.63) is 29.7 Å². The molecule has 106 valence electrons. The number of nitrogens with one attached hydrogen (secondary N) is 1. The van der Waals surface area contributed by atoms with Crippen molar-refractivity contribution in [2.24, 2.45) is 0 Å². The molecule has 0 saturated heterocycles. The fourth-order valence-electron chi connectivity index (χ4n) is 1.75. The molecule has 0 bridgehead atoms. The summed E-state index contributed by atoms with van der Waals surface area (Å²) >= 11 is 0. The van der Waals surface area contributed by atoms with Crippen molar-refractivity contribution in [2.75, 3.05) is 13.2 Å². The number of hydrogen-bond donors (Lipinski definition) is 1. The molecule has 0 aromatic carbocycles. The van der Waals surface area contributed by atoms with Gasteiger partial charge in [-0.2, -0.15) is 5.10 Å². The number of aromatic nitrogens is 3. The van der Waals surface area contributed by atoms with E-state index in [1.165, 1.54) is 4.52 Å². The molecule has 7 nitrogen and oxygen atoms in total. The van der Waals surface area contributed by atoms with Crippen LogP contribution in [-0.4, -0.2) is 39.6 Å². The summed E-state index contributed by atoms with van der Waals surface area (Å²) in [6.45, 7) is 3.90. The van der Waals surface area contributed by atoms with Crippen LogP contribution in [0.3, 0.4) is 0 Å². The zero-order chi connectivity index (χ0) is 14.5. The van der Waals surface area contributed by atoms with Crippen LogP contribution >= 0.6 is 0 Å². The van der Waals surface area contributed by atoms with Crippen LogP contribution in [0.15, 0.2) is 18.5 Å². The van der Waals surface area contributed by atoms with Gasteiger partial charge in [0.1, 0.15) is 5.56 Å². The molecule has 0 spiro atoms. The number of hydrogen-bond acceptors (Lipinski definition) is 5. The number of carbonyl (C=O) groups excluding carboxylic acids is 2. The summed E-state index contributed by atoms with van der Waals surface area (Å²) < 4.78 is 6.49. The molecular weight excluding hydrogens is 260 g/mol. The molecule has 0 saturated carbocycles. The van der Waals surface area contributed by atoms with Gasteiger partial charge in [-0.05, 0) is 19.4 Å². The molecular formula is C13H16N4O3. The van der Waals surface area contributed by atoms with Crippen molar-refractivity contribution in [3.63, 3.8) is 0 Å². The van der Waals surface area contributed by atoms with Crippen molar-refractivity contribution < 1.29 is 14.3 Å². The summed E-state index contributed by atoms with van der Waals surface area (Å²) in [4.78, 5) is 27.5. The van der Waals surface area contributed by atoms with Crippen LogP contribution in [0.1, 0.15) is 29.4 Å². The molecule has 0 aliphatic carbocycles. The summed E-state index contributed by atoms with van der Waals surface area (Å²) in [5.41, 5.74) is 1.22. The molecule has 0 aliphatic rings. The van der Waals surface area contributed by atoms with Gasteiger partial charge in [-0.3, -0.25) is 4.79 Å². The quantitative estimate of drug-likeness (QED) is 0.813. The second kappa shape index (κ2) is 6.14. The van der Waals surface area contributed by atoms with Gasteiger partial charge in [0, 0.05) is 18.9 Å². The molecule has 0 atom stereocenters. The van der Waals surface area contributed by atoms with Gasteiger partial charge in [-0.25, -0.2) is 14.3 Å². The zero-order valence-corrected chi connectivity index (χ0v) is 11.4. The van der Waals surface area contributed by atoms with E-state index in [9.17, 15) is 9.59 Å². The van der Waals surface area contributed by atoms with E-state index >= 15 is 0 Å². The predicted molar refractivity (Wildman–Crippen MR) is 71.3 cm³/mol. The van der Waals surface area contributed by atoms with Gasteiger partial charge >= 0.3 is 5.97 Å². The van der Waals surface area contributed by atoms with Crippen molar-refractivity contribution in [1.82, 2.24) is 19.9 Å².